The first-order valence-corrected chi connectivity index (χ1v) is 10.2. The number of rotatable bonds is 4. The first-order valence-electron chi connectivity index (χ1n) is 9.42. The third-order valence-corrected chi connectivity index (χ3v) is 6.39. The SMILES string of the molecule is Cc1cc(Cl)ccc1C1C(C(=O)C2CCC2)C(=O)C(=O)N1c1cccc(Cl)c1F. The van der Waals surface area contributed by atoms with Crippen molar-refractivity contribution in [1.29, 1.82) is 0 Å². The fraction of sp³-hybridized carbons (Fsp3) is 0.318. The zero-order valence-corrected chi connectivity index (χ0v) is 17.1. The summed E-state index contributed by atoms with van der Waals surface area (Å²) in [5.41, 5.74) is 1.19. The number of carbonyl (C=O) groups is 3. The van der Waals surface area contributed by atoms with Gasteiger partial charge in [-0.05, 0) is 55.2 Å². The van der Waals surface area contributed by atoms with Crippen molar-refractivity contribution in [3.05, 3.63) is 63.4 Å². The lowest BCUT2D eigenvalue weighted by Gasteiger charge is -2.32. The second kappa shape index (κ2) is 7.54. The summed E-state index contributed by atoms with van der Waals surface area (Å²) in [4.78, 5) is 40.1. The van der Waals surface area contributed by atoms with E-state index in [-0.39, 0.29) is 22.4 Å². The smallest absolute Gasteiger partial charge is 0.295 e. The molecule has 0 aromatic heterocycles. The zero-order valence-electron chi connectivity index (χ0n) is 15.6. The molecular formula is C22H18Cl2FNO3. The van der Waals surface area contributed by atoms with Gasteiger partial charge < -0.3 is 0 Å². The van der Waals surface area contributed by atoms with Crippen LogP contribution in [0.1, 0.15) is 36.4 Å². The number of aryl methyl sites for hydroxylation is 1. The molecule has 2 atom stereocenters. The molecule has 2 fully saturated rings. The highest BCUT2D eigenvalue weighted by atomic mass is 35.5. The molecule has 0 N–H and O–H groups in total. The van der Waals surface area contributed by atoms with E-state index >= 15 is 0 Å². The number of hydrogen-bond donors (Lipinski definition) is 0. The van der Waals surface area contributed by atoms with Gasteiger partial charge in [-0.25, -0.2) is 4.39 Å². The normalized spacial score (nSPS) is 22.1. The summed E-state index contributed by atoms with van der Waals surface area (Å²) in [6, 6.07) is 8.34. The second-order valence-corrected chi connectivity index (χ2v) is 8.41. The number of amides is 1. The largest absolute Gasteiger partial charge is 0.298 e. The molecule has 29 heavy (non-hydrogen) atoms. The Balaban J connectivity index is 1.90. The Morgan fingerprint density at radius 1 is 1.14 bits per heavy atom. The number of carbonyl (C=O) groups excluding carboxylic acids is 3. The maximum absolute atomic E-state index is 14.8. The topological polar surface area (TPSA) is 54.5 Å². The third-order valence-electron chi connectivity index (χ3n) is 5.86. The van der Waals surface area contributed by atoms with Crippen LogP contribution in [0.3, 0.4) is 0 Å². The van der Waals surface area contributed by atoms with Crippen molar-refractivity contribution < 1.29 is 18.8 Å². The highest BCUT2D eigenvalue weighted by molar-refractivity contribution is 6.48. The van der Waals surface area contributed by atoms with E-state index in [0.29, 0.717) is 29.0 Å². The van der Waals surface area contributed by atoms with Crippen LogP contribution >= 0.6 is 23.2 Å². The lowest BCUT2D eigenvalue weighted by atomic mass is 9.74. The lowest BCUT2D eigenvalue weighted by molar-refractivity contribution is -0.141. The molecule has 1 heterocycles. The predicted molar refractivity (Wildman–Crippen MR) is 109 cm³/mol. The monoisotopic (exact) mass is 433 g/mol. The first-order chi connectivity index (χ1) is 13.8. The quantitative estimate of drug-likeness (QED) is 0.498. The Hall–Kier alpha value is -2.24. The van der Waals surface area contributed by atoms with E-state index in [1.54, 1.807) is 25.1 Å². The van der Waals surface area contributed by atoms with E-state index in [0.717, 1.165) is 11.3 Å². The summed E-state index contributed by atoms with van der Waals surface area (Å²) >= 11 is 12.0. The Morgan fingerprint density at radius 3 is 2.48 bits per heavy atom. The van der Waals surface area contributed by atoms with Gasteiger partial charge in [0, 0.05) is 10.9 Å². The summed E-state index contributed by atoms with van der Waals surface area (Å²) in [5.74, 6) is -4.17. The maximum atomic E-state index is 14.8. The maximum Gasteiger partial charge on any atom is 0.295 e. The molecule has 1 aliphatic carbocycles. The van der Waals surface area contributed by atoms with Gasteiger partial charge in [0.2, 0.25) is 5.78 Å². The van der Waals surface area contributed by atoms with Crippen LogP contribution < -0.4 is 4.90 Å². The molecule has 1 amide bonds. The number of Topliss-reactive ketones (excluding diaryl/α,β-unsaturated/α-hetero) is 2. The van der Waals surface area contributed by atoms with Crippen LogP contribution in [0.2, 0.25) is 10.0 Å². The van der Waals surface area contributed by atoms with E-state index in [1.165, 1.54) is 18.2 Å². The van der Waals surface area contributed by atoms with Gasteiger partial charge in [-0.1, -0.05) is 41.8 Å². The van der Waals surface area contributed by atoms with E-state index in [1.807, 2.05) is 0 Å². The Bertz CT molecular complexity index is 1030. The molecule has 1 saturated heterocycles. The van der Waals surface area contributed by atoms with Crippen LogP contribution in [-0.4, -0.2) is 17.5 Å². The van der Waals surface area contributed by atoms with Crippen LogP contribution in [-0.2, 0) is 14.4 Å². The van der Waals surface area contributed by atoms with Crippen molar-refractivity contribution in [3.63, 3.8) is 0 Å². The van der Waals surface area contributed by atoms with Crippen molar-refractivity contribution >= 4 is 46.4 Å². The van der Waals surface area contributed by atoms with Gasteiger partial charge in [0.15, 0.2) is 5.82 Å². The second-order valence-electron chi connectivity index (χ2n) is 7.57. The van der Waals surface area contributed by atoms with Crippen molar-refractivity contribution in [2.75, 3.05) is 4.90 Å². The molecule has 2 aromatic rings. The predicted octanol–water partition coefficient (Wildman–Crippen LogP) is 5.08. The Kier molecular flexibility index (Phi) is 5.21. The van der Waals surface area contributed by atoms with Crippen LogP contribution in [0.25, 0.3) is 0 Å². The fourth-order valence-electron chi connectivity index (χ4n) is 4.13. The van der Waals surface area contributed by atoms with Crippen LogP contribution in [0.15, 0.2) is 36.4 Å². The number of hydrogen-bond acceptors (Lipinski definition) is 3. The van der Waals surface area contributed by atoms with Gasteiger partial charge >= 0.3 is 0 Å². The summed E-state index contributed by atoms with van der Waals surface area (Å²) in [7, 11) is 0. The van der Waals surface area contributed by atoms with E-state index in [9.17, 15) is 18.8 Å². The standard InChI is InChI=1S/C22H18Cl2FNO3/c1-11-10-13(23)8-9-14(11)19-17(20(27)12-4-2-5-12)21(28)22(29)26(19)16-7-3-6-15(24)18(16)25/h3,6-10,12,17,19H,2,4-5H2,1H3. The molecule has 7 heteroatoms. The number of ketones is 2. The van der Waals surface area contributed by atoms with Crippen molar-refractivity contribution in [3.8, 4) is 0 Å². The zero-order chi connectivity index (χ0) is 20.9. The minimum atomic E-state index is -1.17. The molecule has 1 aliphatic heterocycles. The average molecular weight is 434 g/mol. The van der Waals surface area contributed by atoms with Crippen molar-refractivity contribution in [2.45, 2.75) is 32.2 Å². The summed E-state index contributed by atoms with van der Waals surface area (Å²) < 4.78 is 14.8. The van der Waals surface area contributed by atoms with Crippen LogP contribution in [0.5, 0.6) is 0 Å². The molecule has 1 saturated carbocycles. The summed E-state index contributed by atoms with van der Waals surface area (Å²) in [5, 5.41) is 0.326. The van der Waals surface area contributed by atoms with Gasteiger partial charge in [0.05, 0.1) is 16.8 Å². The molecule has 4 rings (SSSR count). The highest BCUT2D eigenvalue weighted by Crippen LogP contribution is 2.45. The number of anilines is 1. The molecule has 4 nitrogen and oxygen atoms in total. The fourth-order valence-corrected chi connectivity index (χ4v) is 4.53. The van der Waals surface area contributed by atoms with Gasteiger partial charge in [0.25, 0.3) is 5.91 Å². The highest BCUT2D eigenvalue weighted by Gasteiger charge is 2.54. The summed E-state index contributed by atoms with van der Waals surface area (Å²) in [6.45, 7) is 1.78. The molecule has 2 aromatic carbocycles. The third kappa shape index (κ3) is 3.26. The number of benzene rings is 2. The van der Waals surface area contributed by atoms with Crippen molar-refractivity contribution in [1.82, 2.24) is 0 Å². The Morgan fingerprint density at radius 2 is 1.86 bits per heavy atom. The van der Waals surface area contributed by atoms with Gasteiger partial charge in [-0.15, -0.1) is 0 Å². The van der Waals surface area contributed by atoms with Crippen LogP contribution in [0, 0.1) is 24.6 Å². The Labute approximate surface area is 177 Å². The van der Waals surface area contributed by atoms with E-state index in [2.05, 4.69) is 0 Å². The average Bonchev–Trinajstić information content (AvgIpc) is 2.87. The molecular weight excluding hydrogens is 416 g/mol. The first kappa shape index (κ1) is 20.0. The van der Waals surface area contributed by atoms with Gasteiger partial charge in [-0.2, -0.15) is 0 Å². The molecule has 0 bridgehead atoms. The van der Waals surface area contributed by atoms with Gasteiger partial charge in [-0.3, -0.25) is 19.3 Å². The van der Waals surface area contributed by atoms with Crippen LogP contribution in [0.4, 0.5) is 10.1 Å². The van der Waals surface area contributed by atoms with Crippen molar-refractivity contribution in [2.24, 2.45) is 11.8 Å². The minimum absolute atomic E-state index is 0.112. The molecule has 2 aliphatic rings. The lowest BCUT2D eigenvalue weighted by Crippen LogP contribution is -2.36. The van der Waals surface area contributed by atoms with E-state index < -0.39 is 29.5 Å². The molecule has 0 radical (unpaired) electrons. The van der Waals surface area contributed by atoms with E-state index in [4.69, 9.17) is 23.2 Å². The molecule has 0 spiro atoms. The minimum Gasteiger partial charge on any atom is -0.298 e. The number of nitrogens with zero attached hydrogens (tertiary/aromatic N) is 1. The number of halogens is 3. The molecule has 2 unspecified atom stereocenters. The summed E-state index contributed by atoms with van der Waals surface area (Å²) in [6.07, 6.45) is 2.33. The molecule has 150 valence electrons. The van der Waals surface area contributed by atoms with Gasteiger partial charge in [0.1, 0.15) is 11.7 Å².